The predicted molar refractivity (Wildman–Crippen MR) is 89.3 cm³/mol. The number of anilines is 2. The van der Waals surface area contributed by atoms with Gasteiger partial charge in [-0.2, -0.15) is 0 Å². The fourth-order valence-electron chi connectivity index (χ4n) is 2.32. The molecule has 0 bridgehead atoms. The summed E-state index contributed by atoms with van der Waals surface area (Å²) >= 11 is 5.84. The second-order valence-corrected chi connectivity index (χ2v) is 5.22. The van der Waals surface area contributed by atoms with Crippen molar-refractivity contribution in [1.29, 1.82) is 0 Å². The summed E-state index contributed by atoms with van der Waals surface area (Å²) in [6.45, 7) is 5.92. The topological polar surface area (TPSA) is 46.3 Å². The number of hydrogen-bond donors (Lipinski definition) is 1. The van der Waals surface area contributed by atoms with Crippen molar-refractivity contribution in [2.75, 3.05) is 23.7 Å². The molecule has 0 radical (unpaired) electrons. The molecule has 0 saturated carbocycles. The summed E-state index contributed by atoms with van der Waals surface area (Å²) in [7, 11) is 0. The Labute approximate surface area is 130 Å². The number of halogens is 1. The second-order valence-electron chi connectivity index (χ2n) is 4.78. The highest BCUT2D eigenvalue weighted by Crippen LogP contribution is 2.25. The van der Waals surface area contributed by atoms with E-state index >= 15 is 0 Å². The van der Waals surface area contributed by atoms with E-state index in [1.807, 2.05) is 12.1 Å². The van der Waals surface area contributed by atoms with Gasteiger partial charge >= 0.3 is 0 Å². The van der Waals surface area contributed by atoms with Gasteiger partial charge in [-0.1, -0.05) is 11.6 Å². The highest BCUT2D eigenvalue weighted by Gasteiger charge is 2.12. The lowest BCUT2D eigenvalue weighted by Crippen LogP contribution is -2.23. The molecule has 2 aromatic carbocycles. The molecule has 0 unspecified atom stereocenters. The molecule has 0 heterocycles. The zero-order valence-corrected chi connectivity index (χ0v) is 13.0. The van der Waals surface area contributed by atoms with Crippen LogP contribution < -0.4 is 10.6 Å². The van der Waals surface area contributed by atoms with Gasteiger partial charge in [-0.05, 0) is 56.3 Å². The number of nitrogen functional groups attached to an aromatic ring is 1. The minimum atomic E-state index is -0.0514. The van der Waals surface area contributed by atoms with Gasteiger partial charge < -0.3 is 10.6 Å². The summed E-state index contributed by atoms with van der Waals surface area (Å²) in [6, 6.07) is 12.3. The smallest absolute Gasteiger partial charge is 0.193 e. The van der Waals surface area contributed by atoms with Gasteiger partial charge in [0, 0.05) is 29.2 Å². The Morgan fingerprint density at radius 1 is 1.05 bits per heavy atom. The first kappa shape index (κ1) is 15.4. The minimum Gasteiger partial charge on any atom is -0.397 e. The molecule has 0 fully saturated rings. The van der Waals surface area contributed by atoms with Crippen LogP contribution in [-0.2, 0) is 0 Å². The molecule has 2 aromatic rings. The number of hydrogen-bond acceptors (Lipinski definition) is 3. The van der Waals surface area contributed by atoms with Crippen LogP contribution >= 0.6 is 11.6 Å². The van der Waals surface area contributed by atoms with Crippen LogP contribution in [0, 0.1) is 0 Å². The molecule has 110 valence electrons. The Bertz CT molecular complexity index is 634. The van der Waals surface area contributed by atoms with E-state index in [-0.39, 0.29) is 5.78 Å². The summed E-state index contributed by atoms with van der Waals surface area (Å²) in [6.07, 6.45) is 0. The van der Waals surface area contributed by atoms with Gasteiger partial charge in [0.2, 0.25) is 0 Å². The molecule has 0 spiro atoms. The van der Waals surface area contributed by atoms with Crippen LogP contribution in [0.4, 0.5) is 11.4 Å². The van der Waals surface area contributed by atoms with Crippen molar-refractivity contribution < 1.29 is 4.79 Å². The fourth-order valence-corrected chi connectivity index (χ4v) is 2.44. The SMILES string of the molecule is CCN(CC)c1ccc(C(=O)c2ccc(Cl)cc2)cc1N. The number of rotatable bonds is 5. The van der Waals surface area contributed by atoms with Gasteiger partial charge in [0.1, 0.15) is 0 Å². The van der Waals surface area contributed by atoms with Crippen LogP contribution in [0.15, 0.2) is 42.5 Å². The molecule has 0 saturated heterocycles. The van der Waals surface area contributed by atoms with Crippen molar-refractivity contribution in [3.8, 4) is 0 Å². The average Bonchev–Trinajstić information content (AvgIpc) is 2.50. The van der Waals surface area contributed by atoms with Crippen molar-refractivity contribution in [1.82, 2.24) is 0 Å². The lowest BCUT2D eigenvalue weighted by atomic mass is 10.0. The Hall–Kier alpha value is -2.00. The number of nitrogens with two attached hydrogens (primary N) is 1. The van der Waals surface area contributed by atoms with E-state index in [2.05, 4.69) is 18.7 Å². The lowest BCUT2D eigenvalue weighted by Gasteiger charge is -2.23. The predicted octanol–water partition coefficient (Wildman–Crippen LogP) is 4.00. The van der Waals surface area contributed by atoms with Crippen LogP contribution in [-0.4, -0.2) is 18.9 Å². The maximum atomic E-state index is 12.4. The largest absolute Gasteiger partial charge is 0.397 e. The average molecular weight is 303 g/mol. The Morgan fingerprint density at radius 3 is 2.14 bits per heavy atom. The van der Waals surface area contributed by atoms with E-state index in [4.69, 9.17) is 17.3 Å². The Balaban J connectivity index is 2.31. The number of carbonyl (C=O) groups is 1. The highest BCUT2D eigenvalue weighted by molar-refractivity contribution is 6.30. The van der Waals surface area contributed by atoms with Crippen LogP contribution in [0.25, 0.3) is 0 Å². The molecular weight excluding hydrogens is 284 g/mol. The van der Waals surface area contributed by atoms with Crippen LogP contribution in [0.5, 0.6) is 0 Å². The van der Waals surface area contributed by atoms with Gasteiger partial charge in [0.05, 0.1) is 11.4 Å². The van der Waals surface area contributed by atoms with Crippen molar-refractivity contribution in [2.45, 2.75) is 13.8 Å². The van der Waals surface area contributed by atoms with E-state index in [9.17, 15) is 4.79 Å². The standard InChI is InChI=1S/C17H19ClN2O/c1-3-20(4-2)16-10-7-13(11-15(16)19)17(21)12-5-8-14(18)9-6-12/h5-11H,3-4,19H2,1-2H3. The monoisotopic (exact) mass is 302 g/mol. The summed E-state index contributed by atoms with van der Waals surface area (Å²) < 4.78 is 0. The number of nitrogens with zero attached hydrogens (tertiary/aromatic N) is 1. The van der Waals surface area contributed by atoms with Crippen molar-refractivity contribution in [3.05, 3.63) is 58.6 Å². The van der Waals surface area contributed by atoms with E-state index in [0.29, 0.717) is 21.8 Å². The maximum absolute atomic E-state index is 12.4. The van der Waals surface area contributed by atoms with Gasteiger partial charge in [-0.3, -0.25) is 4.79 Å². The first-order valence-electron chi connectivity index (χ1n) is 7.01. The molecule has 0 aromatic heterocycles. The van der Waals surface area contributed by atoms with E-state index in [1.165, 1.54) is 0 Å². The summed E-state index contributed by atoms with van der Waals surface area (Å²) in [5.41, 5.74) is 8.88. The first-order valence-corrected chi connectivity index (χ1v) is 7.39. The molecule has 21 heavy (non-hydrogen) atoms. The van der Waals surface area contributed by atoms with E-state index in [1.54, 1.807) is 30.3 Å². The third-order valence-corrected chi connectivity index (χ3v) is 3.75. The van der Waals surface area contributed by atoms with Crippen LogP contribution in [0.3, 0.4) is 0 Å². The lowest BCUT2D eigenvalue weighted by molar-refractivity contribution is 0.103. The maximum Gasteiger partial charge on any atom is 0.193 e. The Morgan fingerprint density at radius 2 is 1.62 bits per heavy atom. The first-order chi connectivity index (χ1) is 10.1. The molecule has 2 rings (SSSR count). The van der Waals surface area contributed by atoms with Crippen LogP contribution in [0.1, 0.15) is 29.8 Å². The minimum absolute atomic E-state index is 0.0514. The van der Waals surface area contributed by atoms with E-state index in [0.717, 1.165) is 18.8 Å². The molecular formula is C17H19ClN2O. The molecule has 0 atom stereocenters. The number of ketones is 1. The quantitative estimate of drug-likeness (QED) is 0.671. The molecule has 0 aliphatic heterocycles. The zero-order chi connectivity index (χ0) is 15.4. The second kappa shape index (κ2) is 6.64. The van der Waals surface area contributed by atoms with Crippen molar-refractivity contribution in [2.24, 2.45) is 0 Å². The van der Waals surface area contributed by atoms with Gasteiger partial charge in [-0.15, -0.1) is 0 Å². The fraction of sp³-hybridized carbons (Fsp3) is 0.235. The molecule has 2 N–H and O–H groups in total. The number of carbonyl (C=O) groups excluding carboxylic acids is 1. The molecule has 4 heteroatoms. The van der Waals surface area contributed by atoms with E-state index < -0.39 is 0 Å². The summed E-state index contributed by atoms with van der Waals surface area (Å²) in [4.78, 5) is 14.6. The van der Waals surface area contributed by atoms with Crippen molar-refractivity contribution in [3.63, 3.8) is 0 Å². The Kier molecular flexibility index (Phi) is 4.86. The molecule has 0 aliphatic rings. The summed E-state index contributed by atoms with van der Waals surface area (Å²) in [5.74, 6) is -0.0514. The number of benzene rings is 2. The van der Waals surface area contributed by atoms with Gasteiger partial charge in [0.25, 0.3) is 0 Å². The van der Waals surface area contributed by atoms with Crippen LogP contribution in [0.2, 0.25) is 5.02 Å². The molecule has 3 nitrogen and oxygen atoms in total. The van der Waals surface area contributed by atoms with Gasteiger partial charge in [0.15, 0.2) is 5.78 Å². The third-order valence-electron chi connectivity index (χ3n) is 3.50. The highest BCUT2D eigenvalue weighted by atomic mass is 35.5. The molecule has 0 aliphatic carbocycles. The third kappa shape index (κ3) is 3.37. The summed E-state index contributed by atoms with van der Waals surface area (Å²) in [5, 5.41) is 0.614. The van der Waals surface area contributed by atoms with Gasteiger partial charge in [-0.25, -0.2) is 0 Å². The molecule has 0 amide bonds. The normalized spacial score (nSPS) is 10.4. The zero-order valence-electron chi connectivity index (χ0n) is 12.3. The van der Waals surface area contributed by atoms with Crippen molar-refractivity contribution >= 4 is 28.8 Å².